The van der Waals surface area contributed by atoms with Crippen molar-refractivity contribution in [3.8, 4) is 0 Å². The smallest absolute Gasteiger partial charge is 0.316 e. The molecule has 0 unspecified atom stereocenters. The number of carbonyl (C=O) groups is 2. The minimum atomic E-state index is -0.572. The summed E-state index contributed by atoms with van der Waals surface area (Å²) in [5.41, 5.74) is 3.63. The van der Waals surface area contributed by atoms with Crippen LogP contribution >= 0.6 is 0 Å². The van der Waals surface area contributed by atoms with Crippen molar-refractivity contribution < 1.29 is 14.8 Å². The Balaban J connectivity index is 2.16. The van der Waals surface area contributed by atoms with Crippen molar-refractivity contribution >= 4 is 17.5 Å². The van der Waals surface area contributed by atoms with Crippen molar-refractivity contribution in [2.45, 2.75) is 6.54 Å². The van der Waals surface area contributed by atoms with Crippen LogP contribution < -0.4 is 15.7 Å². The number of amides is 2. The van der Waals surface area contributed by atoms with Crippen LogP contribution in [0.25, 0.3) is 0 Å². The van der Waals surface area contributed by atoms with Crippen LogP contribution in [-0.2, 0) is 16.1 Å². The van der Waals surface area contributed by atoms with Gasteiger partial charge in [-0.2, -0.15) is 0 Å². The second kappa shape index (κ2) is 4.94. The maximum Gasteiger partial charge on any atom is 0.316 e. The summed E-state index contributed by atoms with van der Waals surface area (Å²) in [6, 6.07) is 7.09. The van der Waals surface area contributed by atoms with E-state index in [9.17, 15) is 9.59 Å². The molecule has 1 aromatic carbocycles. The molecule has 1 aromatic rings. The monoisotopic (exact) mass is 235 g/mol. The third-order valence-corrected chi connectivity index (χ3v) is 2.59. The average molecular weight is 235 g/mol. The number of nitrogens with one attached hydrogen (secondary N) is 2. The Kier molecular flexibility index (Phi) is 3.36. The van der Waals surface area contributed by atoms with Gasteiger partial charge in [0.25, 0.3) is 0 Å². The van der Waals surface area contributed by atoms with E-state index >= 15 is 0 Å². The Hall–Kier alpha value is -1.92. The zero-order chi connectivity index (χ0) is 12.3. The van der Waals surface area contributed by atoms with E-state index in [1.807, 2.05) is 0 Å². The zero-order valence-electron chi connectivity index (χ0n) is 9.14. The van der Waals surface area contributed by atoms with Crippen molar-refractivity contribution in [3.05, 3.63) is 29.8 Å². The van der Waals surface area contributed by atoms with Gasteiger partial charge in [-0.05, 0) is 17.7 Å². The zero-order valence-corrected chi connectivity index (χ0v) is 9.14. The van der Waals surface area contributed by atoms with Crippen LogP contribution in [0.2, 0.25) is 0 Å². The lowest BCUT2D eigenvalue weighted by atomic mass is 10.2. The molecule has 0 aromatic heterocycles. The van der Waals surface area contributed by atoms with Gasteiger partial charge in [0, 0.05) is 25.3 Å². The van der Waals surface area contributed by atoms with Crippen LogP contribution in [0.15, 0.2) is 24.3 Å². The minimum absolute atomic E-state index is 0.342. The molecule has 1 saturated heterocycles. The van der Waals surface area contributed by atoms with Crippen LogP contribution in [-0.4, -0.2) is 30.1 Å². The number of benzene rings is 1. The molecule has 2 rings (SSSR count). The first-order valence-corrected chi connectivity index (χ1v) is 5.28. The van der Waals surface area contributed by atoms with Crippen molar-refractivity contribution in [2.75, 3.05) is 18.0 Å². The molecular formula is C11H13N3O3. The molecule has 3 N–H and O–H groups in total. The van der Waals surface area contributed by atoms with E-state index in [-0.39, 0.29) is 0 Å². The van der Waals surface area contributed by atoms with E-state index in [1.165, 1.54) is 4.90 Å². The summed E-state index contributed by atoms with van der Waals surface area (Å²) < 4.78 is 0. The quantitative estimate of drug-likeness (QED) is 0.493. The molecule has 0 spiro atoms. The molecule has 1 fully saturated rings. The molecule has 0 saturated carbocycles. The van der Waals surface area contributed by atoms with E-state index in [0.717, 1.165) is 5.56 Å². The highest BCUT2D eigenvalue weighted by Crippen LogP contribution is 2.16. The van der Waals surface area contributed by atoms with Crippen LogP contribution in [0.4, 0.5) is 5.69 Å². The lowest BCUT2D eigenvalue weighted by Crippen LogP contribution is -2.52. The van der Waals surface area contributed by atoms with E-state index in [1.54, 1.807) is 24.3 Å². The van der Waals surface area contributed by atoms with Gasteiger partial charge in [-0.3, -0.25) is 9.59 Å². The number of anilines is 1. The molecule has 1 aliphatic rings. The Bertz CT molecular complexity index is 430. The average Bonchev–Trinajstić information content (AvgIpc) is 2.34. The summed E-state index contributed by atoms with van der Waals surface area (Å²) in [6.45, 7) is 1.28. The van der Waals surface area contributed by atoms with Crippen molar-refractivity contribution in [1.82, 2.24) is 10.8 Å². The Morgan fingerprint density at radius 3 is 2.65 bits per heavy atom. The highest BCUT2D eigenvalue weighted by atomic mass is 16.5. The maximum absolute atomic E-state index is 11.6. The molecule has 6 nitrogen and oxygen atoms in total. The molecule has 6 heteroatoms. The van der Waals surface area contributed by atoms with Gasteiger partial charge in [0.2, 0.25) is 0 Å². The number of hydrogen-bond acceptors (Lipinski definition) is 4. The SMILES string of the molecule is O=C1NCCN(c2ccc(CNO)cc2)C1=O. The van der Waals surface area contributed by atoms with Crippen LogP contribution in [0.5, 0.6) is 0 Å². The molecule has 2 amide bonds. The second-order valence-electron chi connectivity index (χ2n) is 3.71. The Morgan fingerprint density at radius 1 is 1.29 bits per heavy atom. The van der Waals surface area contributed by atoms with Crippen LogP contribution in [0.3, 0.4) is 0 Å². The normalized spacial score (nSPS) is 15.9. The number of hydroxylamine groups is 1. The van der Waals surface area contributed by atoms with Gasteiger partial charge in [-0.1, -0.05) is 12.1 Å². The third kappa shape index (κ3) is 2.43. The third-order valence-electron chi connectivity index (χ3n) is 2.59. The molecule has 1 heterocycles. The summed E-state index contributed by atoms with van der Waals surface area (Å²) in [6.07, 6.45) is 0. The van der Waals surface area contributed by atoms with Crippen LogP contribution in [0.1, 0.15) is 5.56 Å². The van der Waals surface area contributed by atoms with Gasteiger partial charge < -0.3 is 15.4 Å². The topological polar surface area (TPSA) is 81.7 Å². The van der Waals surface area contributed by atoms with E-state index in [4.69, 9.17) is 5.21 Å². The number of nitrogens with zero attached hydrogens (tertiary/aromatic N) is 1. The van der Waals surface area contributed by atoms with Gasteiger partial charge in [-0.25, -0.2) is 5.48 Å². The lowest BCUT2D eigenvalue weighted by molar-refractivity contribution is -0.138. The first-order chi connectivity index (χ1) is 8.22. The molecule has 90 valence electrons. The first kappa shape index (κ1) is 11.6. The summed E-state index contributed by atoms with van der Waals surface area (Å²) in [7, 11) is 0. The molecular weight excluding hydrogens is 222 g/mol. The first-order valence-electron chi connectivity index (χ1n) is 5.28. The number of carbonyl (C=O) groups excluding carboxylic acids is 2. The molecule has 0 bridgehead atoms. The minimum Gasteiger partial charge on any atom is -0.346 e. The number of rotatable bonds is 3. The van der Waals surface area contributed by atoms with Crippen molar-refractivity contribution in [1.29, 1.82) is 0 Å². The highest BCUT2D eigenvalue weighted by molar-refractivity contribution is 6.41. The number of piperazine rings is 1. The standard InChI is InChI=1S/C11H13N3O3/c15-10-11(16)14(6-5-12-10)9-3-1-8(2-4-9)7-13-17/h1-4,13,17H,5-7H2,(H,12,15). The van der Waals surface area contributed by atoms with Gasteiger partial charge in [0.15, 0.2) is 0 Å². The maximum atomic E-state index is 11.6. The molecule has 0 atom stereocenters. The fourth-order valence-electron chi connectivity index (χ4n) is 1.71. The van der Waals surface area contributed by atoms with E-state index in [0.29, 0.717) is 25.3 Å². The molecule has 0 aliphatic carbocycles. The van der Waals surface area contributed by atoms with Crippen molar-refractivity contribution in [3.63, 3.8) is 0 Å². The largest absolute Gasteiger partial charge is 0.346 e. The fourth-order valence-corrected chi connectivity index (χ4v) is 1.71. The predicted octanol–water partition coefficient (Wildman–Crippen LogP) is -0.372. The Labute approximate surface area is 98.2 Å². The Morgan fingerprint density at radius 2 is 2.00 bits per heavy atom. The summed E-state index contributed by atoms with van der Waals surface area (Å²) in [5, 5.41) is 11.0. The summed E-state index contributed by atoms with van der Waals surface area (Å²) in [4.78, 5) is 24.2. The van der Waals surface area contributed by atoms with E-state index < -0.39 is 11.8 Å². The van der Waals surface area contributed by atoms with E-state index in [2.05, 4.69) is 10.8 Å². The molecule has 17 heavy (non-hydrogen) atoms. The summed E-state index contributed by atoms with van der Waals surface area (Å²) >= 11 is 0. The van der Waals surface area contributed by atoms with Crippen molar-refractivity contribution in [2.24, 2.45) is 0 Å². The predicted molar refractivity (Wildman–Crippen MR) is 60.4 cm³/mol. The molecule has 1 aliphatic heterocycles. The van der Waals surface area contributed by atoms with Gasteiger partial charge in [0.05, 0.1) is 0 Å². The lowest BCUT2D eigenvalue weighted by Gasteiger charge is -2.26. The van der Waals surface area contributed by atoms with Gasteiger partial charge in [-0.15, -0.1) is 0 Å². The summed E-state index contributed by atoms with van der Waals surface area (Å²) in [5.74, 6) is -1.11. The number of hydrogen-bond donors (Lipinski definition) is 3. The highest BCUT2D eigenvalue weighted by Gasteiger charge is 2.26. The second-order valence-corrected chi connectivity index (χ2v) is 3.71. The fraction of sp³-hybridized carbons (Fsp3) is 0.273. The van der Waals surface area contributed by atoms with Gasteiger partial charge in [0.1, 0.15) is 0 Å². The van der Waals surface area contributed by atoms with Crippen LogP contribution in [0, 0.1) is 0 Å². The molecule has 0 radical (unpaired) electrons. The van der Waals surface area contributed by atoms with Gasteiger partial charge >= 0.3 is 11.8 Å².